The van der Waals surface area contributed by atoms with E-state index in [2.05, 4.69) is 15.5 Å². The number of benzene rings is 2. The third-order valence-electron chi connectivity index (χ3n) is 3.94. The van der Waals surface area contributed by atoms with E-state index in [4.69, 9.17) is 20.1 Å². The highest BCUT2D eigenvalue weighted by atomic mass is 32.2. The summed E-state index contributed by atoms with van der Waals surface area (Å²) in [5.41, 5.74) is 0.617. The van der Waals surface area contributed by atoms with Crippen LogP contribution in [0.4, 0.5) is 5.69 Å². The van der Waals surface area contributed by atoms with Crippen molar-refractivity contribution < 1.29 is 19.0 Å². The SMILES string of the molecule is CCOc1ccccc1NC(=O)CSc1nnc(COc2cccc(OC)c2)n1N. The number of hydrogen-bond donors (Lipinski definition) is 2. The van der Waals surface area contributed by atoms with Crippen LogP contribution in [0.25, 0.3) is 0 Å². The van der Waals surface area contributed by atoms with Crippen molar-refractivity contribution in [3.8, 4) is 17.2 Å². The number of amides is 1. The van der Waals surface area contributed by atoms with Crippen molar-refractivity contribution in [1.29, 1.82) is 0 Å². The van der Waals surface area contributed by atoms with Gasteiger partial charge in [0, 0.05) is 6.07 Å². The maximum absolute atomic E-state index is 12.3. The molecule has 3 aromatic rings. The molecule has 3 rings (SSSR count). The average molecular weight is 430 g/mol. The van der Waals surface area contributed by atoms with Crippen LogP contribution >= 0.6 is 11.8 Å². The molecule has 3 N–H and O–H groups in total. The molecule has 2 aromatic carbocycles. The van der Waals surface area contributed by atoms with Gasteiger partial charge in [-0.25, -0.2) is 4.68 Å². The van der Waals surface area contributed by atoms with Crippen LogP contribution in [-0.2, 0) is 11.4 Å². The Labute approximate surface area is 178 Å². The van der Waals surface area contributed by atoms with Gasteiger partial charge in [-0.3, -0.25) is 4.79 Å². The molecule has 0 aliphatic rings. The van der Waals surface area contributed by atoms with Gasteiger partial charge in [0.2, 0.25) is 11.1 Å². The summed E-state index contributed by atoms with van der Waals surface area (Å²) in [4.78, 5) is 12.3. The predicted molar refractivity (Wildman–Crippen MR) is 114 cm³/mol. The number of nitrogens with one attached hydrogen (secondary N) is 1. The van der Waals surface area contributed by atoms with Crippen molar-refractivity contribution >= 4 is 23.4 Å². The van der Waals surface area contributed by atoms with Gasteiger partial charge in [0.1, 0.15) is 23.9 Å². The molecule has 9 nitrogen and oxygen atoms in total. The number of ether oxygens (including phenoxy) is 3. The van der Waals surface area contributed by atoms with E-state index in [1.807, 2.05) is 31.2 Å². The fourth-order valence-electron chi connectivity index (χ4n) is 2.51. The summed E-state index contributed by atoms with van der Waals surface area (Å²) in [6.07, 6.45) is 0. The van der Waals surface area contributed by atoms with Crippen LogP contribution in [0.3, 0.4) is 0 Å². The highest BCUT2D eigenvalue weighted by molar-refractivity contribution is 7.99. The number of hydrogen-bond acceptors (Lipinski definition) is 8. The topological polar surface area (TPSA) is 114 Å². The first-order valence-electron chi connectivity index (χ1n) is 9.21. The van der Waals surface area contributed by atoms with Gasteiger partial charge in [-0.15, -0.1) is 10.2 Å². The molecule has 0 unspecified atom stereocenters. The summed E-state index contributed by atoms with van der Waals surface area (Å²) in [6, 6.07) is 14.5. The Bertz CT molecular complexity index is 995. The lowest BCUT2D eigenvalue weighted by Gasteiger charge is -2.11. The van der Waals surface area contributed by atoms with Gasteiger partial charge < -0.3 is 25.4 Å². The molecule has 0 radical (unpaired) electrons. The minimum Gasteiger partial charge on any atom is -0.497 e. The van der Waals surface area contributed by atoms with Gasteiger partial charge >= 0.3 is 0 Å². The molecule has 0 saturated heterocycles. The van der Waals surface area contributed by atoms with Crippen molar-refractivity contribution in [2.45, 2.75) is 18.7 Å². The quantitative estimate of drug-likeness (QED) is 0.374. The summed E-state index contributed by atoms with van der Waals surface area (Å²) < 4.78 is 17.7. The van der Waals surface area contributed by atoms with Crippen LogP contribution in [0.15, 0.2) is 53.7 Å². The molecular formula is C20H23N5O4S. The molecule has 158 valence electrons. The van der Waals surface area contributed by atoms with E-state index in [1.54, 1.807) is 31.4 Å². The number of nitrogen functional groups attached to an aromatic ring is 1. The molecule has 0 aliphatic heterocycles. The summed E-state index contributed by atoms with van der Waals surface area (Å²) >= 11 is 1.18. The number of thioether (sulfide) groups is 1. The van der Waals surface area contributed by atoms with Gasteiger partial charge in [-0.2, -0.15) is 0 Å². The second-order valence-corrected chi connectivity index (χ2v) is 6.94. The lowest BCUT2D eigenvalue weighted by atomic mass is 10.3. The first-order chi connectivity index (χ1) is 14.6. The molecular weight excluding hydrogens is 406 g/mol. The Balaban J connectivity index is 1.54. The van der Waals surface area contributed by atoms with Crippen LogP contribution in [0.1, 0.15) is 12.7 Å². The third kappa shape index (κ3) is 5.57. The molecule has 0 saturated carbocycles. The number of anilines is 1. The van der Waals surface area contributed by atoms with E-state index >= 15 is 0 Å². The zero-order valence-corrected chi connectivity index (χ0v) is 17.5. The predicted octanol–water partition coefficient (Wildman–Crippen LogP) is 2.71. The number of carbonyl (C=O) groups is 1. The Kier molecular flexibility index (Phi) is 7.39. The lowest BCUT2D eigenvalue weighted by Crippen LogP contribution is -2.18. The normalized spacial score (nSPS) is 10.5. The van der Waals surface area contributed by atoms with E-state index in [-0.39, 0.29) is 18.3 Å². The zero-order chi connectivity index (χ0) is 21.3. The second-order valence-electron chi connectivity index (χ2n) is 6.00. The van der Waals surface area contributed by atoms with Gasteiger partial charge in [0.15, 0.2) is 5.82 Å². The number of nitrogens with two attached hydrogens (primary N) is 1. The molecule has 0 atom stereocenters. The number of nitrogens with zero attached hydrogens (tertiary/aromatic N) is 3. The summed E-state index contributed by atoms with van der Waals surface area (Å²) in [5, 5.41) is 11.3. The average Bonchev–Trinajstić information content (AvgIpc) is 3.12. The van der Waals surface area contributed by atoms with Crippen molar-refractivity contribution in [3.05, 3.63) is 54.4 Å². The monoisotopic (exact) mass is 429 g/mol. The van der Waals surface area contributed by atoms with E-state index in [9.17, 15) is 4.79 Å². The van der Waals surface area contributed by atoms with Crippen molar-refractivity contribution in [2.75, 3.05) is 30.6 Å². The molecule has 1 amide bonds. The first kappa shape index (κ1) is 21.3. The summed E-state index contributed by atoms with van der Waals surface area (Å²) in [6.45, 7) is 2.53. The summed E-state index contributed by atoms with van der Waals surface area (Å²) in [7, 11) is 1.59. The van der Waals surface area contributed by atoms with Gasteiger partial charge in [0.05, 0.1) is 25.2 Å². The molecule has 0 bridgehead atoms. The number of rotatable bonds is 10. The minimum absolute atomic E-state index is 0.118. The number of carbonyl (C=O) groups excluding carboxylic acids is 1. The van der Waals surface area contributed by atoms with Crippen molar-refractivity contribution in [2.24, 2.45) is 0 Å². The number of methoxy groups -OCH3 is 1. The van der Waals surface area contributed by atoms with E-state index in [1.165, 1.54) is 16.4 Å². The molecule has 1 heterocycles. The van der Waals surface area contributed by atoms with E-state index in [0.717, 1.165) is 0 Å². The third-order valence-corrected chi connectivity index (χ3v) is 4.88. The van der Waals surface area contributed by atoms with Crippen LogP contribution in [0.2, 0.25) is 0 Å². The fourth-order valence-corrected chi connectivity index (χ4v) is 3.19. The maximum Gasteiger partial charge on any atom is 0.234 e. The van der Waals surface area contributed by atoms with Gasteiger partial charge in [0.25, 0.3) is 0 Å². The van der Waals surface area contributed by atoms with E-state index in [0.29, 0.717) is 40.5 Å². The highest BCUT2D eigenvalue weighted by Crippen LogP contribution is 2.24. The minimum atomic E-state index is -0.204. The molecule has 10 heteroatoms. The van der Waals surface area contributed by atoms with Crippen LogP contribution in [0, 0.1) is 0 Å². The lowest BCUT2D eigenvalue weighted by molar-refractivity contribution is -0.113. The fraction of sp³-hybridized carbons (Fsp3) is 0.250. The molecule has 0 spiro atoms. The molecule has 0 aliphatic carbocycles. The van der Waals surface area contributed by atoms with Crippen molar-refractivity contribution in [1.82, 2.24) is 14.9 Å². The number of para-hydroxylation sites is 2. The smallest absolute Gasteiger partial charge is 0.234 e. The van der Waals surface area contributed by atoms with Crippen LogP contribution < -0.4 is 25.4 Å². The highest BCUT2D eigenvalue weighted by Gasteiger charge is 2.14. The van der Waals surface area contributed by atoms with Gasteiger partial charge in [-0.05, 0) is 31.2 Å². The van der Waals surface area contributed by atoms with E-state index < -0.39 is 0 Å². The van der Waals surface area contributed by atoms with Gasteiger partial charge in [-0.1, -0.05) is 30.0 Å². The Morgan fingerprint density at radius 3 is 2.73 bits per heavy atom. The van der Waals surface area contributed by atoms with Crippen LogP contribution in [0.5, 0.6) is 17.2 Å². The standard InChI is InChI=1S/C20H23N5O4S/c1-3-28-17-10-5-4-9-16(17)22-19(26)13-30-20-24-23-18(25(20)21)12-29-15-8-6-7-14(11-15)27-2/h4-11H,3,12-13,21H2,1-2H3,(H,22,26). The van der Waals surface area contributed by atoms with Crippen molar-refractivity contribution in [3.63, 3.8) is 0 Å². The van der Waals surface area contributed by atoms with Crippen LogP contribution in [-0.4, -0.2) is 40.3 Å². The zero-order valence-electron chi connectivity index (χ0n) is 16.7. The molecule has 30 heavy (non-hydrogen) atoms. The maximum atomic E-state index is 12.3. The largest absolute Gasteiger partial charge is 0.497 e. The molecule has 1 aromatic heterocycles. The summed E-state index contributed by atoms with van der Waals surface area (Å²) in [5.74, 6) is 8.32. The number of aromatic nitrogens is 3. The molecule has 0 fully saturated rings. The second kappa shape index (κ2) is 10.4. The first-order valence-corrected chi connectivity index (χ1v) is 10.2. The Hall–Kier alpha value is -3.40. The Morgan fingerprint density at radius 2 is 1.93 bits per heavy atom. The Morgan fingerprint density at radius 1 is 1.13 bits per heavy atom.